The smallest absolute Gasteiger partial charge is 0.416 e. The van der Waals surface area contributed by atoms with E-state index in [1.807, 2.05) is 0 Å². The monoisotopic (exact) mass is 441 g/mol. The molecule has 31 heavy (non-hydrogen) atoms. The van der Waals surface area contributed by atoms with Crippen molar-refractivity contribution in [3.05, 3.63) is 35.4 Å². The van der Waals surface area contributed by atoms with E-state index >= 15 is 0 Å². The molecule has 1 aliphatic rings. The highest BCUT2D eigenvalue weighted by molar-refractivity contribution is 5.70. The highest BCUT2D eigenvalue weighted by Crippen LogP contribution is 2.36. The topological polar surface area (TPSA) is 114 Å². The SMILES string of the molecule is COC(N)=O.Cc1cc(NC2CCCN(C)C2)nnc1-c1ccc(C(F)(F)F)cc1O. The molecule has 0 aliphatic carbocycles. The van der Waals surface area contributed by atoms with Gasteiger partial charge < -0.3 is 25.8 Å². The van der Waals surface area contributed by atoms with Crippen LogP contribution in [0.1, 0.15) is 24.0 Å². The number of nitrogens with zero attached hydrogens (tertiary/aromatic N) is 3. The summed E-state index contributed by atoms with van der Waals surface area (Å²) in [5.41, 5.74) is 4.85. The number of benzene rings is 1. The predicted molar refractivity (Wildman–Crippen MR) is 110 cm³/mol. The number of aromatic nitrogens is 2. The minimum absolute atomic E-state index is 0.229. The summed E-state index contributed by atoms with van der Waals surface area (Å²) in [6.45, 7) is 3.79. The summed E-state index contributed by atoms with van der Waals surface area (Å²) in [5.74, 6) is 0.157. The molecule has 0 bridgehead atoms. The standard InChI is InChI=1S/C18H21F3N4O.C2H5NO2/c1-11-8-16(22-13-4-3-7-25(2)10-13)23-24-17(11)14-6-5-12(9-15(14)26)18(19,20)21;1-5-2(3)4/h5-6,8-9,13,26H,3-4,7,10H2,1-2H3,(H,22,23);1H3,(H2,3,4). The van der Waals surface area contributed by atoms with Crippen molar-refractivity contribution in [3.63, 3.8) is 0 Å². The van der Waals surface area contributed by atoms with Crippen LogP contribution in [0.4, 0.5) is 23.8 Å². The van der Waals surface area contributed by atoms with E-state index in [-0.39, 0.29) is 11.6 Å². The molecule has 170 valence electrons. The lowest BCUT2D eigenvalue weighted by Gasteiger charge is -2.30. The highest BCUT2D eigenvalue weighted by Gasteiger charge is 2.31. The highest BCUT2D eigenvalue weighted by atomic mass is 19.4. The van der Waals surface area contributed by atoms with Crippen LogP contribution < -0.4 is 11.1 Å². The Kier molecular flexibility index (Phi) is 8.03. The second-order valence-corrected chi connectivity index (χ2v) is 7.26. The number of nitrogens with one attached hydrogen (secondary N) is 1. The number of aryl methyl sites for hydroxylation is 1. The fourth-order valence-electron chi connectivity index (χ4n) is 3.22. The molecule has 1 fully saturated rings. The van der Waals surface area contributed by atoms with E-state index in [0.717, 1.165) is 37.6 Å². The largest absolute Gasteiger partial charge is 0.507 e. The van der Waals surface area contributed by atoms with Gasteiger partial charge in [0.25, 0.3) is 0 Å². The summed E-state index contributed by atoms with van der Waals surface area (Å²) in [6, 6.07) is 4.94. The molecular formula is C20H26F3N5O3. The number of phenols is 1. The molecule has 4 N–H and O–H groups in total. The van der Waals surface area contributed by atoms with E-state index in [0.29, 0.717) is 17.6 Å². The van der Waals surface area contributed by atoms with E-state index in [2.05, 4.69) is 37.9 Å². The van der Waals surface area contributed by atoms with Crippen molar-refractivity contribution in [2.24, 2.45) is 5.73 Å². The number of primary amides is 1. The Morgan fingerprint density at radius 2 is 2.00 bits per heavy atom. The molecule has 11 heteroatoms. The Bertz CT molecular complexity index is 908. The summed E-state index contributed by atoms with van der Waals surface area (Å²) in [5, 5.41) is 21.6. The van der Waals surface area contributed by atoms with Gasteiger partial charge in [0.05, 0.1) is 18.4 Å². The van der Waals surface area contributed by atoms with Gasteiger partial charge in [-0.2, -0.15) is 13.2 Å². The second-order valence-electron chi connectivity index (χ2n) is 7.26. The maximum atomic E-state index is 12.7. The minimum atomic E-state index is -4.50. The van der Waals surface area contributed by atoms with Crippen LogP contribution in [0.5, 0.6) is 5.75 Å². The number of likely N-dealkylation sites (tertiary alicyclic amines) is 1. The van der Waals surface area contributed by atoms with Gasteiger partial charge in [0.2, 0.25) is 0 Å². The third-order valence-electron chi connectivity index (χ3n) is 4.74. The van der Waals surface area contributed by atoms with Crippen LogP contribution in [0.25, 0.3) is 11.3 Å². The number of hydrogen-bond donors (Lipinski definition) is 3. The molecule has 0 spiro atoms. The van der Waals surface area contributed by atoms with Crippen molar-refractivity contribution >= 4 is 11.9 Å². The van der Waals surface area contributed by atoms with E-state index in [4.69, 9.17) is 0 Å². The molecule has 0 radical (unpaired) electrons. The first-order chi connectivity index (χ1) is 14.5. The van der Waals surface area contributed by atoms with Gasteiger partial charge in [0.1, 0.15) is 11.6 Å². The second kappa shape index (κ2) is 10.3. The van der Waals surface area contributed by atoms with Gasteiger partial charge in [-0.3, -0.25) is 0 Å². The van der Waals surface area contributed by atoms with Crippen molar-refractivity contribution in [1.82, 2.24) is 15.1 Å². The number of hydrogen-bond acceptors (Lipinski definition) is 7. The number of ether oxygens (including phenoxy) is 1. The van der Waals surface area contributed by atoms with Gasteiger partial charge in [0, 0.05) is 18.2 Å². The number of anilines is 1. The summed E-state index contributed by atoms with van der Waals surface area (Å²) in [6.07, 6.45) is -3.09. The molecule has 1 aromatic heterocycles. The van der Waals surface area contributed by atoms with E-state index < -0.39 is 23.6 Å². The zero-order valence-electron chi connectivity index (χ0n) is 17.5. The van der Waals surface area contributed by atoms with Crippen molar-refractivity contribution in [2.75, 3.05) is 32.6 Å². The molecule has 2 aromatic rings. The molecule has 8 nitrogen and oxygen atoms in total. The first kappa shape index (κ1) is 24.2. The number of likely N-dealkylation sites (N-methyl/N-ethyl adjacent to an activating group) is 1. The van der Waals surface area contributed by atoms with Gasteiger partial charge in [0.15, 0.2) is 0 Å². The molecule has 1 saturated heterocycles. The van der Waals surface area contributed by atoms with Crippen molar-refractivity contribution in [1.29, 1.82) is 0 Å². The number of rotatable bonds is 3. The number of carbonyl (C=O) groups is 1. The Morgan fingerprint density at radius 1 is 1.32 bits per heavy atom. The number of alkyl halides is 3. The van der Waals surface area contributed by atoms with E-state index in [1.165, 1.54) is 13.2 Å². The number of methoxy groups -OCH3 is 1. The number of halogens is 3. The Labute approximate surface area is 178 Å². The zero-order chi connectivity index (χ0) is 23.2. The summed E-state index contributed by atoms with van der Waals surface area (Å²) >= 11 is 0. The predicted octanol–water partition coefficient (Wildman–Crippen LogP) is 3.39. The quantitative estimate of drug-likeness (QED) is 0.669. The van der Waals surface area contributed by atoms with Gasteiger partial charge in [-0.05, 0) is 63.2 Å². The average molecular weight is 441 g/mol. The number of amides is 1. The first-order valence-electron chi connectivity index (χ1n) is 9.54. The number of aromatic hydroxyl groups is 1. The number of phenolic OH excluding ortho intramolecular Hbond substituents is 1. The molecule has 1 aromatic carbocycles. The molecule has 2 heterocycles. The first-order valence-corrected chi connectivity index (χ1v) is 9.54. The molecule has 1 unspecified atom stereocenters. The van der Waals surface area contributed by atoms with Gasteiger partial charge >= 0.3 is 12.3 Å². The van der Waals surface area contributed by atoms with E-state index in [9.17, 15) is 23.1 Å². The summed E-state index contributed by atoms with van der Waals surface area (Å²) in [7, 11) is 3.30. The maximum absolute atomic E-state index is 12.7. The molecular weight excluding hydrogens is 415 g/mol. The zero-order valence-corrected chi connectivity index (χ0v) is 17.5. The van der Waals surface area contributed by atoms with Crippen LogP contribution >= 0.6 is 0 Å². The van der Waals surface area contributed by atoms with Gasteiger partial charge in [-0.15, -0.1) is 10.2 Å². The Hall–Kier alpha value is -3.08. The molecule has 1 aliphatic heterocycles. The van der Waals surface area contributed by atoms with Crippen LogP contribution in [-0.2, 0) is 10.9 Å². The molecule has 0 saturated carbocycles. The summed E-state index contributed by atoms with van der Waals surface area (Å²) in [4.78, 5) is 11.6. The molecule has 3 rings (SSSR count). The van der Waals surface area contributed by atoms with Crippen molar-refractivity contribution in [3.8, 4) is 17.0 Å². The number of nitrogens with two attached hydrogens (primary N) is 1. The number of piperidine rings is 1. The molecule has 1 amide bonds. The lowest BCUT2D eigenvalue weighted by molar-refractivity contribution is -0.137. The van der Waals surface area contributed by atoms with Crippen LogP contribution in [0.2, 0.25) is 0 Å². The van der Waals surface area contributed by atoms with Gasteiger partial charge in [-0.1, -0.05) is 0 Å². The lowest BCUT2D eigenvalue weighted by Crippen LogP contribution is -2.39. The molecule has 1 atom stereocenters. The minimum Gasteiger partial charge on any atom is -0.507 e. The Morgan fingerprint density at radius 3 is 2.52 bits per heavy atom. The van der Waals surface area contributed by atoms with Crippen LogP contribution in [0.15, 0.2) is 24.3 Å². The third-order valence-corrected chi connectivity index (χ3v) is 4.74. The Balaban J connectivity index is 0.000000614. The number of carbonyl (C=O) groups excluding carboxylic acids is 1. The maximum Gasteiger partial charge on any atom is 0.416 e. The van der Waals surface area contributed by atoms with Crippen LogP contribution in [0.3, 0.4) is 0 Å². The fourth-order valence-corrected chi connectivity index (χ4v) is 3.22. The summed E-state index contributed by atoms with van der Waals surface area (Å²) < 4.78 is 42.1. The lowest BCUT2D eigenvalue weighted by atomic mass is 10.0. The van der Waals surface area contributed by atoms with Crippen molar-refractivity contribution < 1.29 is 27.8 Å². The fraction of sp³-hybridized carbons (Fsp3) is 0.450. The van der Waals surface area contributed by atoms with Crippen LogP contribution in [-0.4, -0.2) is 59.6 Å². The normalized spacial score (nSPS) is 16.8. The van der Waals surface area contributed by atoms with E-state index in [1.54, 1.807) is 13.0 Å². The van der Waals surface area contributed by atoms with Gasteiger partial charge in [-0.25, -0.2) is 4.79 Å². The average Bonchev–Trinajstić information content (AvgIpc) is 2.68. The van der Waals surface area contributed by atoms with Crippen LogP contribution in [0, 0.1) is 6.92 Å². The van der Waals surface area contributed by atoms with Crippen molar-refractivity contribution in [2.45, 2.75) is 32.0 Å². The third kappa shape index (κ3) is 6.99.